The van der Waals surface area contributed by atoms with E-state index >= 15 is 0 Å². The van der Waals surface area contributed by atoms with Gasteiger partial charge in [0.15, 0.2) is 0 Å². The van der Waals surface area contributed by atoms with E-state index in [0.29, 0.717) is 19.8 Å². The van der Waals surface area contributed by atoms with E-state index in [-0.39, 0.29) is 36.3 Å². The highest BCUT2D eigenvalue weighted by Gasteiger charge is 2.53. The predicted octanol–water partition coefficient (Wildman–Crippen LogP) is 2.48. The molecule has 1 aromatic rings. The molecule has 0 bridgehead atoms. The van der Waals surface area contributed by atoms with Gasteiger partial charge >= 0.3 is 6.09 Å². The van der Waals surface area contributed by atoms with Crippen molar-refractivity contribution in [1.82, 2.24) is 10.2 Å². The lowest BCUT2D eigenvalue weighted by Crippen LogP contribution is -2.55. The summed E-state index contributed by atoms with van der Waals surface area (Å²) >= 11 is 0. The second-order valence-corrected chi connectivity index (χ2v) is 8.39. The Morgan fingerprint density at radius 3 is 2.61 bits per heavy atom. The fourth-order valence-corrected chi connectivity index (χ4v) is 3.85. The van der Waals surface area contributed by atoms with E-state index in [0.717, 1.165) is 12.0 Å². The summed E-state index contributed by atoms with van der Waals surface area (Å²) in [4.78, 5) is 26.1. The molecule has 2 heterocycles. The first-order chi connectivity index (χ1) is 13.2. The maximum absolute atomic E-state index is 12.6. The summed E-state index contributed by atoms with van der Waals surface area (Å²) in [5, 5.41) is 2.97. The highest BCUT2D eigenvalue weighted by Crippen LogP contribution is 2.34. The molecular formula is C21H30N2O5. The Balaban J connectivity index is 1.66. The molecule has 0 aliphatic carbocycles. The monoisotopic (exact) mass is 390 g/mol. The minimum Gasteiger partial charge on any atom is -0.444 e. The molecule has 0 aromatic heterocycles. The fraction of sp³-hybridized carbons (Fsp3) is 0.619. The largest absolute Gasteiger partial charge is 0.444 e. The van der Waals surface area contributed by atoms with E-state index in [4.69, 9.17) is 14.2 Å². The zero-order valence-corrected chi connectivity index (χ0v) is 17.0. The smallest absolute Gasteiger partial charge is 0.410 e. The average Bonchev–Trinajstić information content (AvgIpc) is 3.14. The zero-order chi connectivity index (χ0) is 20.3. The SMILES string of the molecule is CC(=O)N[C@@H]1[C@H]2[C@H](CCN2C(=O)OC(C)(C)C)O[C@@H]1COCc1ccccc1. The van der Waals surface area contributed by atoms with Crippen LogP contribution in [0, 0.1) is 0 Å². The van der Waals surface area contributed by atoms with Crippen LogP contribution in [0.3, 0.4) is 0 Å². The molecule has 1 N–H and O–H groups in total. The van der Waals surface area contributed by atoms with Crippen molar-refractivity contribution >= 4 is 12.0 Å². The van der Waals surface area contributed by atoms with Gasteiger partial charge < -0.3 is 24.4 Å². The number of hydrogen-bond acceptors (Lipinski definition) is 5. The highest BCUT2D eigenvalue weighted by atomic mass is 16.6. The molecule has 1 aromatic carbocycles. The second kappa shape index (κ2) is 8.49. The van der Waals surface area contributed by atoms with Crippen LogP contribution in [0.4, 0.5) is 4.79 Å². The van der Waals surface area contributed by atoms with Crippen molar-refractivity contribution < 1.29 is 23.8 Å². The lowest BCUT2D eigenvalue weighted by Gasteiger charge is -2.32. The molecule has 0 radical (unpaired) electrons. The molecule has 2 saturated heterocycles. The van der Waals surface area contributed by atoms with Gasteiger partial charge in [-0.25, -0.2) is 4.79 Å². The second-order valence-electron chi connectivity index (χ2n) is 8.39. The number of hydrogen-bond donors (Lipinski definition) is 1. The molecule has 7 nitrogen and oxygen atoms in total. The van der Waals surface area contributed by atoms with Crippen LogP contribution in [0.5, 0.6) is 0 Å². The molecule has 0 saturated carbocycles. The van der Waals surface area contributed by atoms with E-state index in [9.17, 15) is 9.59 Å². The summed E-state index contributed by atoms with van der Waals surface area (Å²) < 4.78 is 17.5. The van der Waals surface area contributed by atoms with Gasteiger partial charge in [-0.1, -0.05) is 30.3 Å². The number of benzene rings is 1. The van der Waals surface area contributed by atoms with Gasteiger partial charge in [0.25, 0.3) is 0 Å². The summed E-state index contributed by atoms with van der Waals surface area (Å²) in [7, 11) is 0. The molecule has 0 unspecified atom stereocenters. The minimum absolute atomic E-state index is 0.130. The number of fused-ring (bicyclic) bond motifs is 1. The lowest BCUT2D eigenvalue weighted by molar-refractivity contribution is -0.120. The number of rotatable bonds is 5. The van der Waals surface area contributed by atoms with Crippen LogP contribution in [0.25, 0.3) is 0 Å². The van der Waals surface area contributed by atoms with E-state index in [1.54, 1.807) is 4.90 Å². The normalized spacial score (nSPS) is 26.8. The Morgan fingerprint density at radius 2 is 1.96 bits per heavy atom. The molecule has 2 fully saturated rings. The molecule has 4 atom stereocenters. The zero-order valence-electron chi connectivity index (χ0n) is 17.0. The summed E-state index contributed by atoms with van der Waals surface area (Å²) in [5.41, 5.74) is 0.503. The van der Waals surface area contributed by atoms with Gasteiger partial charge in [-0.3, -0.25) is 4.79 Å². The third-order valence-corrected chi connectivity index (χ3v) is 4.90. The first-order valence-electron chi connectivity index (χ1n) is 9.78. The van der Waals surface area contributed by atoms with Crippen LogP contribution in [0.1, 0.15) is 39.7 Å². The van der Waals surface area contributed by atoms with E-state index in [1.807, 2.05) is 51.1 Å². The summed E-state index contributed by atoms with van der Waals surface area (Å²) in [6.45, 7) is 8.37. The Kier molecular flexibility index (Phi) is 6.25. The highest BCUT2D eigenvalue weighted by molar-refractivity contribution is 5.74. The van der Waals surface area contributed by atoms with Gasteiger partial charge in [-0.2, -0.15) is 0 Å². The van der Waals surface area contributed by atoms with Gasteiger partial charge in [0.1, 0.15) is 11.7 Å². The number of nitrogens with one attached hydrogen (secondary N) is 1. The van der Waals surface area contributed by atoms with Crippen LogP contribution in [0.2, 0.25) is 0 Å². The first-order valence-corrected chi connectivity index (χ1v) is 9.78. The third-order valence-electron chi connectivity index (χ3n) is 4.90. The number of likely N-dealkylation sites (tertiary alicyclic amines) is 1. The van der Waals surface area contributed by atoms with Crippen LogP contribution in [0.15, 0.2) is 30.3 Å². The minimum atomic E-state index is -0.573. The van der Waals surface area contributed by atoms with Gasteiger partial charge in [-0.15, -0.1) is 0 Å². The quantitative estimate of drug-likeness (QED) is 0.836. The van der Waals surface area contributed by atoms with E-state index in [1.165, 1.54) is 6.92 Å². The number of carbonyl (C=O) groups excluding carboxylic acids is 2. The standard InChI is InChI=1S/C21H30N2O5/c1-14(24)22-18-17(13-26-12-15-8-6-5-7-9-15)27-16-10-11-23(19(16)18)20(25)28-21(2,3)4/h5-9,16-19H,10-13H2,1-4H3,(H,22,24)/t16-,17+,18-,19+/m0/s1. The van der Waals surface area contributed by atoms with Crippen molar-refractivity contribution in [2.75, 3.05) is 13.2 Å². The maximum atomic E-state index is 12.6. The molecule has 2 amide bonds. The summed E-state index contributed by atoms with van der Waals surface area (Å²) in [5.74, 6) is -0.154. The first kappa shape index (κ1) is 20.6. The predicted molar refractivity (Wildman–Crippen MR) is 104 cm³/mol. The third kappa shape index (κ3) is 5.02. The Morgan fingerprint density at radius 1 is 1.25 bits per heavy atom. The fourth-order valence-electron chi connectivity index (χ4n) is 3.85. The van der Waals surface area contributed by atoms with Crippen molar-refractivity contribution in [3.8, 4) is 0 Å². The lowest BCUT2D eigenvalue weighted by atomic mass is 10.0. The Bertz CT molecular complexity index is 688. The number of nitrogens with zero attached hydrogens (tertiary/aromatic N) is 1. The van der Waals surface area contributed by atoms with Gasteiger partial charge in [0, 0.05) is 13.5 Å². The Hall–Kier alpha value is -2.12. The molecule has 2 aliphatic heterocycles. The van der Waals surface area contributed by atoms with Crippen molar-refractivity contribution in [3.05, 3.63) is 35.9 Å². The van der Waals surface area contributed by atoms with E-state index < -0.39 is 5.60 Å². The maximum Gasteiger partial charge on any atom is 0.410 e. The number of ether oxygens (including phenoxy) is 3. The van der Waals surface area contributed by atoms with Crippen LogP contribution in [-0.2, 0) is 25.6 Å². The number of amides is 2. The van der Waals surface area contributed by atoms with Gasteiger partial charge in [0.2, 0.25) is 5.91 Å². The average molecular weight is 390 g/mol. The molecule has 3 rings (SSSR count). The van der Waals surface area contributed by atoms with Gasteiger partial charge in [0.05, 0.1) is 31.4 Å². The number of carbonyl (C=O) groups is 2. The molecule has 28 heavy (non-hydrogen) atoms. The van der Waals surface area contributed by atoms with Crippen molar-refractivity contribution in [1.29, 1.82) is 0 Å². The van der Waals surface area contributed by atoms with Crippen LogP contribution >= 0.6 is 0 Å². The summed E-state index contributed by atoms with van der Waals surface area (Å²) in [6.07, 6.45) is -0.0952. The van der Waals surface area contributed by atoms with Crippen molar-refractivity contribution in [2.24, 2.45) is 0 Å². The molecule has 0 spiro atoms. The molecule has 7 heteroatoms. The molecule has 154 valence electrons. The van der Waals surface area contributed by atoms with Crippen LogP contribution in [-0.4, -0.2) is 59.9 Å². The molecular weight excluding hydrogens is 360 g/mol. The van der Waals surface area contributed by atoms with Crippen molar-refractivity contribution in [3.63, 3.8) is 0 Å². The van der Waals surface area contributed by atoms with Crippen LogP contribution < -0.4 is 5.32 Å². The molecule has 2 aliphatic rings. The van der Waals surface area contributed by atoms with E-state index in [2.05, 4.69) is 5.32 Å². The Labute approximate surface area is 166 Å². The summed E-state index contributed by atoms with van der Waals surface area (Å²) in [6, 6.07) is 9.32. The van der Waals surface area contributed by atoms with Gasteiger partial charge in [-0.05, 0) is 32.8 Å². The van der Waals surface area contributed by atoms with Crippen molar-refractivity contribution in [2.45, 2.75) is 70.6 Å². The topological polar surface area (TPSA) is 77.1 Å².